The fourth-order valence-corrected chi connectivity index (χ4v) is 4.07. The van der Waals surface area contributed by atoms with E-state index in [1.54, 1.807) is 52.8 Å². The van der Waals surface area contributed by atoms with Crippen LogP contribution in [0, 0.1) is 11.8 Å². The second-order valence-corrected chi connectivity index (χ2v) is 7.52. The summed E-state index contributed by atoms with van der Waals surface area (Å²) in [5, 5.41) is 11.7. The molecule has 2 atom stereocenters. The van der Waals surface area contributed by atoms with Gasteiger partial charge in [0.15, 0.2) is 11.3 Å². The largest absolute Gasteiger partial charge is 0.383 e. The van der Waals surface area contributed by atoms with E-state index in [0.29, 0.717) is 36.7 Å². The lowest BCUT2D eigenvalue weighted by Crippen LogP contribution is -2.37. The number of amides is 2. The summed E-state index contributed by atoms with van der Waals surface area (Å²) in [7, 11) is 3.27. The molecule has 0 saturated carbocycles. The van der Waals surface area contributed by atoms with Gasteiger partial charge in [0.1, 0.15) is 17.1 Å². The van der Waals surface area contributed by atoms with Crippen LogP contribution in [-0.4, -0.2) is 74.4 Å². The number of primary amides is 1. The quantitative estimate of drug-likeness (QED) is 0.413. The van der Waals surface area contributed by atoms with Crippen LogP contribution in [0.2, 0.25) is 0 Å². The van der Waals surface area contributed by atoms with E-state index in [0.717, 1.165) is 0 Å². The van der Waals surface area contributed by atoms with E-state index in [1.807, 2.05) is 0 Å². The Labute approximate surface area is 190 Å². The Balaban J connectivity index is 1.72. The van der Waals surface area contributed by atoms with E-state index in [1.165, 1.54) is 6.08 Å². The van der Waals surface area contributed by atoms with Crippen LogP contribution in [0.4, 0.5) is 5.82 Å². The Kier molecular flexibility index (Phi) is 6.10. The summed E-state index contributed by atoms with van der Waals surface area (Å²) in [5.41, 5.74) is 7.26. The first-order valence-electron chi connectivity index (χ1n) is 10.3. The zero-order valence-electron chi connectivity index (χ0n) is 18.4. The van der Waals surface area contributed by atoms with Crippen LogP contribution in [0.15, 0.2) is 37.2 Å². The van der Waals surface area contributed by atoms with Gasteiger partial charge >= 0.3 is 0 Å². The van der Waals surface area contributed by atoms with Gasteiger partial charge in [-0.05, 0) is 30.4 Å². The number of nitrogens with one attached hydrogen (secondary N) is 1. The second kappa shape index (κ2) is 9.13. The predicted octanol–water partition coefficient (Wildman–Crippen LogP) is 0.441. The Morgan fingerprint density at radius 2 is 2.21 bits per heavy atom. The number of rotatable bonds is 6. The van der Waals surface area contributed by atoms with Crippen molar-refractivity contribution in [2.24, 2.45) is 5.73 Å². The van der Waals surface area contributed by atoms with Gasteiger partial charge in [0.05, 0.1) is 24.9 Å². The summed E-state index contributed by atoms with van der Waals surface area (Å²) < 4.78 is 8.59. The van der Waals surface area contributed by atoms with Crippen LogP contribution < -0.4 is 11.1 Å². The van der Waals surface area contributed by atoms with Crippen molar-refractivity contribution in [1.82, 2.24) is 29.3 Å². The maximum Gasteiger partial charge on any atom is 0.255 e. The molecule has 1 aliphatic heterocycles. The first kappa shape index (κ1) is 22.0. The molecule has 0 aromatic carbocycles. The lowest BCUT2D eigenvalue weighted by atomic mass is 10.1. The number of carbonyl (C=O) groups excluding carboxylic acids is 2. The SMILES string of the molecule is C=CC(=O)N1CC(n2nc(C#Cc3ccn4nccc4n3)c(C(N)=O)c2NC)C[C@@H]1COC. The van der Waals surface area contributed by atoms with Crippen LogP contribution in [0.5, 0.6) is 0 Å². The molecule has 0 spiro atoms. The number of nitrogens with zero attached hydrogens (tertiary/aromatic N) is 6. The minimum Gasteiger partial charge on any atom is -0.383 e. The van der Waals surface area contributed by atoms with Gasteiger partial charge in [0.2, 0.25) is 5.91 Å². The van der Waals surface area contributed by atoms with E-state index in [4.69, 9.17) is 10.5 Å². The molecule has 1 fully saturated rings. The number of hydrogen-bond acceptors (Lipinski definition) is 7. The van der Waals surface area contributed by atoms with Crippen molar-refractivity contribution < 1.29 is 14.3 Å². The van der Waals surface area contributed by atoms with Crippen molar-refractivity contribution in [2.75, 3.05) is 32.6 Å². The lowest BCUT2D eigenvalue weighted by Gasteiger charge is -2.22. The summed E-state index contributed by atoms with van der Waals surface area (Å²) in [6.07, 6.45) is 5.26. The number of hydrogen-bond donors (Lipinski definition) is 2. The summed E-state index contributed by atoms with van der Waals surface area (Å²) >= 11 is 0. The highest BCUT2D eigenvalue weighted by atomic mass is 16.5. The molecular weight excluding hydrogens is 424 g/mol. The van der Waals surface area contributed by atoms with Crippen molar-refractivity contribution in [3.8, 4) is 11.8 Å². The lowest BCUT2D eigenvalue weighted by molar-refractivity contribution is -0.127. The minimum absolute atomic E-state index is 0.141. The standard InChI is InChI=1S/C22H24N8O3/c1-4-19(31)28-12-15(11-16(28)13-33-3)30-22(24-2)20(21(23)32)17(27-30)6-5-14-8-10-29-18(26-14)7-9-25-29/h4,7-10,15-16,24H,1,11-13H2,2-3H3,(H2,23,32)/t15?,16-/m1/s1. The molecule has 2 amide bonds. The molecule has 0 radical (unpaired) electrons. The number of aromatic nitrogens is 5. The second-order valence-electron chi connectivity index (χ2n) is 7.52. The highest BCUT2D eigenvalue weighted by molar-refractivity contribution is 6.00. The first-order chi connectivity index (χ1) is 16.0. The van der Waals surface area contributed by atoms with Crippen LogP contribution >= 0.6 is 0 Å². The molecule has 1 saturated heterocycles. The number of likely N-dealkylation sites (tertiary alicyclic amines) is 1. The Hall–Kier alpha value is -4.17. The van der Waals surface area contributed by atoms with Gasteiger partial charge in [0.25, 0.3) is 5.91 Å². The van der Waals surface area contributed by atoms with Crippen LogP contribution in [0.25, 0.3) is 5.65 Å². The smallest absolute Gasteiger partial charge is 0.255 e. The van der Waals surface area contributed by atoms with Gasteiger partial charge in [-0.25, -0.2) is 14.2 Å². The van der Waals surface area contributed by atoms with Crippen molar-refractivity contribution in [1.29, 1.82) is 0 Å². The van der Waals surface area contributed by atoms with E-state index in [-0.39, 0.29) is 29.2 Å². The first-order valence-corrected chi connectivity index (χ1v) is 10.3. The molecule has 11 nitrogen and oxygen atoms in total. The molecule has 3 aromatic rings. The monoisotopic (exact) mass is 448 g/mol. The van der Waals surface area contributed by atoms with Crippen molar-refractivity contribution in [3.63, 3.8) is 0 Å². The van der Waals surface area contributed by atoms with Gasteiger partial charge in [-0.3, -0.25) is 9.59 Å². The van der Waals surface area contributed by atoms with Crippen LogP contribution in [0.1, 0.15) is 34.2 Å². The summed E-state index contributed by atoms with van der Waals surface area (Å²) in [6, 6.07) is 3.14. The number of fused-ring (bicyclic) bond motifs is 1. The number of nitrogens with two attached hydrogens (primary N) is 1. The normalized spacial score (nSPS) is 17.6. The van der Waals surface area contributed by atoms with Crippen LogP contribution in [0.3, 0.4) is 0 Å². The molecule has 11 heteroatoms. The summed E-state index contributed by atoms with van der Waals surface area (Å²) in [5.74, 6) is 5.48. The topological polar surface area (TPSA) is 133 Å². The number of methoxy groups -OCH3 is 1. The van der Waals surface area contributed by atoms with Gasteiger partial charge in [0, 0.05) is 33.0 Å². The molecule has 1 aliphatic rings. The fraction of sp³-hybridized carbons (Fsp3) is 0.318. The maximum absolute atomic E-state index is 12.3. The van der Waals surface area contributed by atoms with E-state index in [9.17, 15) is 9.59 Å². The number of carbonyl (C=O) groups is 2. The van der Waals surface area contributed by atoms with Crippen molar-refractivity contribution in [2.45, 2.75) is 18.5 Å². The van der Waals surface area contributed by atoms with E-state index >= 15 is 0 Å². The van der Waals surface area contributed by atoms with Crippen molar-refractivity contribution in [3.05, 3.63) is 54.1 Å². The Morgan fingerprint density at radius 1 is 1.39 bits per heavy atom. The highest BCUT2D eigenvalue weighted by Gasteiger charge is 2.37. The third-order valence-electron chi connectivity index (χ3n) is 5.52. The minimum atomic E-state index is -0.653. The molecule has 3 N–H and O–H groups in total. The van der Waals surface area contributed by atoms with Gasteiger partial charge in [-0.1, -0.05) is 6.58 Å². The average molecular weight is 448 g/mol. The zero-order chi connectivity index (χ0) is 23.5. The molecule has 1 unspecified atom stereocenters. The molecule has 0 aliphatic carbocycles. The van der Waals surface area contributed by atoms with Crippen LogP contribution in [-0.2, 0) is 9.53 Å². The van der Waals surface area contributed by atoms with E-state index in [2.05, 4.69) is 38.9 Å². The summed E-state index contributed by atoms with van der Waals surface area (Å²) in [4.78, 5) is 30.8. The predicted molar refractivity (Wildman–Crippen MR) is 120 cm³/mol. The Morgan fingerprint density at radius 3 is 2.91 bits per heavy atom. The molecule has 33 heavy (non-hydrogen) atoms. The molecule has 170 valence electrons. The molecule has 4 heterocycles. The maximum atomic E-state index is 12.3. The molecule has 0 bridgehead atoms. The van der Waals surface area contributed by atoms with Crippen molar-refractivity contribution >= 4 is 23.3 Å². The van der Waals surface area contributed by atoms with Gasteiger partial charge < -0.3 is 20.7 Å². The zero-order valence-corrected chi connectivity index (χ0v) is 18.4. The average Bonchev–Trinajstić information content (AvgIpc) is 3.53. The van der Waals surface area contributed by atoms with Gasteiger partial charge in [-0.15, -0.1) is 0 Å². The number of ether oxygens (including phenoxy) is 1. The third-order valence-corrected chi connectivity index (χ3v) is 5.52. The third kappa shape index (κ3) is 4.16. The van der Waals surface area contributed by atoms with E-state index < -0.39 is 5.91 Å². The molecule has 3 aromatic heterocycles. The fourth-order valence-electron chi connectivity index (χ4n) is 4.07. The number of anilines is 1. The molecule has 4 rings (SSSR count). The Bertz CT molecular complexity index is 1280. The highest BCUT2D eigenvalue weighted by Crippen LogP contribution is 2.32. The van der Waals surface area contributed by atoms with Gasteiger partial charge in [-0.2, -0.15) is 10.2 Å². The molecular formula is C22H24N8O3. The summed E-state index contributed by atoms with van der Waals surface area (Å²) in [6.45, 7) is 4.35.